The van der Waals surface area contributed by atoms with Gasteiger partial charge in [0, 0.05) is 47.1 Å². The minimum atomic E-state index is -1.23. The Morgan fingerprint density at radius 1 is 0.644 bits per heavy atom. The van der Waals surface area contributed by atoms with E-state index >= 15 is 0 Å². The molecule has 7 N–H and O–H groups in total. The molecule has 87 heavy (non-hydrogen) atoms. The largest absolute Gasteiger partial charge is 1.00 e. The predicted octanol–water partition coefficient (Wildman–Crippen LogP) is 9.75. The van der Waals surface area contributed by atoms with Gasteiger partial charge in [0.2, 0.25) is 0 Å². The fourth-order valence-corrected chi connectivity index (χ4v) is 6.68. The Labute approximate surface area is 512 Å². The van der Waals surface area contributed by atoms with E-state index in [2.05, 4.69) is 31.4 Å². The van der Waals surface area contributed by atoms with Crippen molar-refractivity contribution in [1.29, 1.82) is 0 Å². The van der Waals surface area contributed by atoms with Crippen LogP contribution in [0, 0.1) is 72.0 Å². The molecule has 5 aromatic carbocycles. The van der Waals surface area contributed by atoms with Crippen LogP contribution in [0.15, 0.2) is 122 Å². The summed E-state index contributed by atoms with van der Waals surface area (Å²) in [6, 6.07) is 15.4. The predicted molar refractivity (Wildman–Crippen MR) is 290 cm³/mol. The Morgan fingerprint density at radius 3 is 1.45 bits per heavy atom. The molecule has 0 spiro atoms. The van der Waals surface area contributed by atoms with Crippen molar-refractivity contribution < 1.29 is 127 Å². The van der Waals surface area contributed by atoms with E-state index in [1.54, 1.807) is 19.9 Å². The maximum Gasteiger partial charge on any atom is 1.00 e. The van der Waals surface area contributed by atoms with Gasteiger partial charge in [-0.15, -0.1) is 12.4 Å². The Balaban J connectivity index is 0. The minimum Gasteiger partial charge on any atom is -0.870 e. The van der Waals surface area contributed by atoms with Crippen LogP contribution in [-0.4, -0.2) is 103 Å². The van der Waals surface area contributed by atoms with E-state index in [1.807, 2.05) is 13.8 Å². The number of hydrogen-bond acceptors (Lipinski definition) is 18. The molecule has 19 nitrogen and oxygen atoms in total. The van der Waals surface area contributed by atoms with Crippen LogP contribution in [0.5, 0.6) is 0 Å². The van der Waals surface area contributed by atoms with E-state index in [0.29, 0.717) is 18.5 Å². The van der Waals surface area contributed by atoms with Crippen LogP contribution in [0.2, 0.25) is 0 Å². The first-order valence-electron chi connectivity index (χ1n) is 23.9. The second-order valence-corrected chi connectivity index (χ2v) is 16.5. The molecular weight excluding hydrogens is 1220 g/mol. The first kappa shape index (κ1) is 80.5. The summed E-state index contributed by atoms with van der Waals surface area (Å²) in [5, 5.41) is 43.9. The number of hydrogen-bond donors (Lipinski definition) is 5. The van der Waals surface area contributed by atoms with Crippen molar-refractivity contribution in [2.45, 2.75) is 47.5 Å². The normalized spacial score (nSPS) is 11.1. The van der Waals surface area contributed by atoms with Gasteiger partial charge in [0.05, 0.1) is 19.4 Å². The Morgan fingerprint density at radius 2 is 1.05 bits per heavy atom. The Bertz CT molecular complexity index is 3430. The summed E-state index contributed by atoms with van der Waals surface area (Å²) in [6.45, 7) is 11.2. The molecule has 1 fully saturated rings. The number of carbonyl (C=O) groups is 4. The zero-order valence-corrected chi connectivity index (χ0v) is 48.1. The first-order chi connectivity index (χ1) is 39.9. The molecule has 32 heteroatoms. The maximum absolute atomic E-state index is 13.2. The fraction of sp³-hybridized carbons (Fsp3) is 0.200. The van der Waals surface area contributed by atoms with Gasteiger partial charge in [-0.05, 0) is 138 Å². The average molecular weight is 1270 g/mol. The molecule has 2 aromatic heterocycles. The number of aryl methyl sites for hydroxylation is 2. The quantitative estimate of drug-likeness (QED) is 0.0118. The van der Waals surface area contributed by atoms with Crippen LogP contribution >= 0.6 is 24.0 Å². The SMILES string of the molecule is CCOC(=O)C=C(C)N1CCCC1.CCOC(=O)c1c(-c2ccc(F)c(F)c2)noc1C.Cc1onc(-c2ccc(F)c(F)c2)c1C(=O)O.Cl.NO.O/N=C(/Cl)c1ccc(F)c(F)c1.O/N=C\c1ccc(F)c(F)c1.O=Cc1ccc(F)c(F)c1.[Li+].[OH-]. The monoisotopic (exact) mass is 1270 g/mol. The Hall–Kier alpha value is -8.56. The molecule has 466 valence electrons. The first-order valence-corrected chi connectivity index (χ1v) is 24.2. The number of halogens is 12. The third kappa shape index (κ3) is 25.9. The van der Waals surface area contributed by atoms with Crippen molar-refractivity contribution in [2.24, 2.45) is 16.2 Å². The van der Waals surface area contributed by atoms with Gasteiger partial charge >= 0.3 is 36.8 Å². The van der Waals surface area contributed by atoms with Crippen molar-refractivity contribution in [3.63, 3.8) is 0 Å². The van der Waals surface area contributed by atoms with Crippen LogP contribution in [0.25, 0.3) is 22.5 Å². The second kappa shape index (κ2) is 41.5. The zero-order chi connectivity index (χ0) is 63.2. The van der Waals surface area contributed by atoms with Crippen LogP contribution in [-0.2, 0) is 14.3 Å². The number of rotatable bonds is 11. The van der Waals surface area contributed by atoms with Crippen molar-refractivity contribution in [3.8, 4) is 22.5 Å². The van der Waals surface area contributed by atoms with Gasteiger partial charge in [0.1, 0.15) is 40.3 Å². The number of aromatic carboxylic acids is 1. The molecule has 8 rings (SSSR count). The summed E-state index contributed by atoms with van der Waals surface area (Å²) in [5.41, 5.74) is 2.07. The molecule has 1 aliphatic heterocycles. The van der Waals surface area contributed by atoms with Crippen LogP contribution in [0.4, 0.5) is 43.9 Å². The molecule has 0 amide bonds. The molecule has 0 unspecified atom stereocenters. The number of oxime groups is 2. The summed E-state index contributed by atoms with van der Waals surface area (Å²) >= 11 is 5.33. The number of carboxylic acid groups (broad SMARTS) is 1. The van der Waals surface area contributed by atoms with Gasteiger partial charge < -0.3 is 49.6 Å². The van der Waals surface area contributed by atoms with Crippen LogP contribution in [0.1, 0.15) is 87.3 Å². The van der Waals surface area contributed by atoms with E-state index < -0.39 is 70.1 Å². The smallest absolute Gasteiger partial charge is 0.870 e. The second-order valence-electron chi connectivity index (χ2n) is 16.2. The third-order valence-corrected chi connectivity index (χ3v) is 10.8. The number of carbonyl (C=O) groups excluding carboxylic acids is 3. The molecule has 0 atom stereocenters. The van der Waals surface area contributed by atoms with Crippen LogP contribution < -0.4 is 24.8 Å². The number of likely N-dealkylation sites (tertiary alicyclic amines) is 1. The molecule has 0 radical (unpaired) electrons. The van der Waals surface area contributed by atoms with Gasteiger partial charge in [-0.2, -0.15) is 0 Å². The number of aromatic nitrogens is 2. The standard InChI is InChI=1S/C13H11F2NO3.C11H7F2NO3.C10H17NO2.C7H4ClF2NO.C7H5F2NO.C7H4F2O.ClH.Li.H3NO.H2O/c1-3-18-13(17)11-7(2)19-16-12(11)8-4-5-9(14)10(15)6-8;1-5-9(11(15)16)10(14-17-5)6-2-3-7(12)8(13)4-6;1-3-13-10(12)8-9(2)11-6-4-5-7-11;8-7(11-12)4-1-2-5(9)6(10)3-4;8-6-2-1-5(4-10-11)3-7(6)9;8-6-2-1-5(4-10)3-7(6)9;;;1-2;/h4-6H,3H2,1-2H3;2-4H,1H3,(H,15,16);8H,3-7H2,1-2H3;1-3,12H;1-4,11H;1-4H;1H;;2H,1H2;1H2/q;;;;;;;+1;;/p-1/b;;;11-7+;10-4-;;;;;. The molecule has 0 aliphatic carbocycles. The number of benzene rings is 5. The van der Waals surface area contributed by atoms with Crippen molar-refractivity contribution >= 4 is 59.6 Å². The van der Waals surface area contributed by atoms with Crippen LogP contribution in [0.3, 0.4) is 0 Å². The topological polar surface area (TPSA) is 304 Å². The van der Waals surface area contributed by atoms with E-state index in [-0.39, 0.29) is 111 Å². The maximum atomic E-state index is 13.2. The minimum absolute atomic E-state index is 0. The summed E-state index contributed by atoms with van der Waals surface area (Å²) in [5.74, 6) is -8.08. The van der Waals surface area contributed by atoms with Crippen molar-refractivity contribution in [3.05, 3.63) is 200 Å². The van der Waals surface area contributed by atoms with Gasteiger partial charge in [-0.1, -0.05) is 38.3 Å². The zero-order valence-electron chi connectivity index (χ0n) is 46.5. The van der Waals surface area contributed by atoms with E-state index in [1.165, 1.54) is 50.1 Å². The molecule has 1 aliphatic rings. The summed E-state index contributed by atoms with van der Waals surface area (Å²) in [4.78, 5) is 46.0. The number of allylic oxidation sites excluding steroid dienone is 1. The van der Waals surface area contributed by atoms with E-state index in [9.17, 15) is 63.1 Å². The van der Waals surface area contributed by atoms with Gasteiger partial charge in [-0.25, -0.2) is 64.2 Å². The average Bonchev–Trinajstić information content (AvgIpc) is 2.26. The fourth-order valence-electron chi connectivity index (χ4n) is 6.56. The number of esters is 2. The summed E-state index contributed by atoms with van der Waals surface area (Å²) in [6.07, 6.45) is 5.52. The number of aldehydes is 1. The molecule has 0 saturated carbocycles. The molecular formula is C55H53Cl2F10LiN6O13. The number of carboxylic acids is 1. The summed E-state index contributed by atoms with van der Waals surface area (Å²) < 4.78 is 145. The van der Waals surface area contributed by atoms with Gasteiger partial charge in [0.15, 0.2) is 63.3 Å². The number of ether oxygens (including phenoxy) is 2. The third-order valence-electron chi connectivity index (χ3n) is 10.5. The van der Waals surface area contributed by atoms with Crippen molar-refractivity contribution in [2.75, 3.05) is 26.3 Å². The van der Waals surface area contributed by atoms with E-state index in [0.717, 1.165) is 85.7 Å². The number of nitrogens with zero attached hydrogens (tertiary/aromatic N) is 5. The molecule has 0 bridgehead atoms. The molecule has 7 aromatic rings. The molecule has 1 saturated heterocycles. The molecule has 3 heterocycles. The van der Waals surface area contributed by atoms with Gasteiger partial charge in [-0.3, -0.25) is 4.79 Å². The summed E-state index contributed by atoms with van der Waals surface area (Å²) in [7, 11) is 0. The van der Waals surface area contributed by atoms with E-state index in [4.69, 9.17) is 50.8 Å². The van der Waals surface area contributed by atoms with Gasteiger partial charge in [0.25, 0.3) is 0 Å². The number of nitrogens with two attached hydrogens (primary N) is 1. The van der Waals surface area contributed by atoms with Crippen molar-refractivity contribution in [1.82, 2.24) is 15.2 Å². The Kier molecular flexibility index (Phi) is 38.4.